The molecule has 0 unspecified atom stereocenters. The second-order valence-corrected chi connectivity index (χ2v) is 6.64. The van der Waals surface area contributed by atoms with E-state index < -0.39 is 4.92 Å². The van der Waals surface area contributed by atoms with Crippen LogP contribution in [0.4, 0.5) is 5.69 Å². The van der Waals surface area contributed by atoms with Gasteiger partial charge < -0.3 is 9.73 Å². The standard InChI is InChI=1S/C19H14N2O5S/c22-18(10-5-13-3-6-14(7-4-13)21(24)25)20-12-15-8-9-17(27-15)19(23)16-2-1-11-26-16/h1-11H,12H2,(H,20,22)/b10-5+. The first-order valence-electron chi connectivity index (χ1n) is 7.90. The molecule has 1 aromatic carbocycles. The summed E-state index contributed by atoms with van der Waals surface area (Å²) in [7, 11) is 0. The average Bonchev–Trinajstić information content (AvgIpc) is 3.36. The number of non-ortho nitro benzene ring substituents is 1. The van der Waals surface area contributed by atoms with Crippen LogP contribution in [0.5, 0.6) is 0 Å². The maximum atomic E-state index is 12.2. The van der Waals surface area contributed by atoms with Gasteiger partial charge in [-0.3, -0.25) is 19.7 Å². The number of furan rings is 1. The molecule has 0 aliphatic carbocycles. The molecule has 1 N–H and O–H groups in total. The molecular formula is C19H14N2O5S. The highest BCUT2D eigenvalue weighted by atomic mass is 32.1. The number of amides is 1. The van der Waals surface area contributed by atoms with Gasteiger partial charge in [0.25, 0.3) is 5.69 Å². The van der Waals surface area contributed by atoms with Gasteiger partial charge in [0.2, 0.25) is 11.7 Å². The molecule has 0 aliphatic heterocycles. The zero-order valence-corrected chi connectivity index (χ0v) is 14.8. The van der Waals surface area contributed by atoms with Crippen LogP contribution >= 0.6 is 11.3 Å². The molecular weight excluding hydrogens is 368 g/mol. The first kappa shape index (κ1) is 18.3. The van der Waals surface area contributed by atoms with Gasteiger partial charge in [-0.25, -0.2) is 0 Å². The van der Waals surface area contributed by atoms with E-state index in [-0.39, 0.29) is 23.1 Å². The van der Waals surface area contributed by atoms with Gasteiger partial charge >= 0.3 is 0 Å². The topological polar surface area (TPSA) is 102 Å². The molecule has 0 radical (unpaired) electrons. The van der Waals surface area contributed by atoms with Crippen molar-refractivity contribution in [1.82, 2.24) is 5.32 Å². The second kappa shape index (κ2) is 8.24. The fourth-order valence-corrected chi connectivity index (χ4v) is 3.13. The monoisotopic (exact) mass is 382 g/mol. The van der Waals surface area contributed by atoms with Gasteiger partial charge in [-0.15, -0.1) is 11.3 Å². The molecule has 136 valence electrons. The molecule has 0 saturated heterocycles. The van der Waals surface area contributed by atoms with Crippen molar-refractivity contribution in [2.45, 2.75) is 6.54 Å². The van der Waals surface area contributed by atoms with Crippen LogP contribution < -0.4 is 5.32 Å². The van der Waals surface area contributed by atoms with Crippen molar-refractivity contribution >= 4 is 34.8 Å². The minimum absolute atomic E-state index is 0.00537. The van der Waals surface area contributed by atoms with Gasteiger partial charge in [-0.05, 0) is 48.0 Å². The molecule has 0 fully saturated rings. The Balaban J connectivity index is 1.53. The predicted molar refractivity (Wildman–Crippen MR) is 100 cm³/mol. The summed E-state index contributed by atoms with van der Waals surface area (Å²) in [5.74, 6) is -0.222. The van der Waals surface area contributed by atoms with Gasteiger partial charge in [-0.1, -0.05) is 0 Å². The minimum Gasteiger partial charge on any atom is -0.461 e. The fraction of sp³-hybridized carbons (Fsp3) is 0.0526. The van der Waals surface area contributed by atoms with Gasteiger partial charge in [0, 0.05) is 23.1 Å². The number of ketones is 1. The van der Waals surface area contributed by atoms with Crippen molar-refractivity contribution in [2.24, 2.45) is 0 Å². The van der Waals surface area contributed by atoms with Gasteiger partial charge in [-0.2, -0.15) is 0 Å². The van der Waals surface area contributed by atoms with E-state index in [0.717, 1.165) is 4.88 Å². The maximum absolute atomic E-state index is 12.2. The van der Waals surface area contributed by atoms with Gasteiger partial charge in [0.1, 0.15) is 0 Å². The summed E-state index contributed by atoms with van der Waals surface area (Å²) < 4.78 is 5.09. The summed E-state index contributed by atoms with van der Waals surface area (Å²) in [6.07, 6.45) is 4.36. The Hall–Kier alpha value is -3.52. The Morgan fingerprint density at radius 2 is 1.93 bits per heavy atom. The highest BCUT2D eigenvalue weighted by Crippen LogP contribution is 2.20. The van der Waals surface area contributed by atoms with Crippen LogP contribution in [0.15, 0.2) is 65.3 Å². The van der Waals surface area contributed by atoms with Crippen LogP contribution in [0.3, 0.4) is 0 Å². The molecule has 2 aromatic heterocycles. The molecule has 0 saturated carbocycles. The van der Waals surface area contributed by atoms with Crippen LogP contribution in [-0.2, 0) is 11.3 Å². The molecule has 0 atom stereocenters. The Morgan fingerprint density at radius 1 is 1.15 bits per heavy atom. The number of nitro benzene ring substituents is 1. The summed E-state index contributed by atoms with van der Waals surface area (Å²) in [5.41, 5.74) is 0.674. The van der Waals surface area contributed by atoms with Crippen LogP contribution in [0.1, 0.15) is 25.9 Å². The van der Waals surface area contributed by atoms with Crippen LogP contribution in [0.25, 0.3) is 6.08 Å². The highest BCUT2D eigenvalue weighted by Gasteiger charge is 2.14. The van der Waals surface area contributed by atoms with Crippen molar-refractivity contribution < 1.29 is 18.9 Å². The first-order valence-corrected chi connectivity index (χ1v) is 8.72. The van der Waals surface area contributed by atoms with E-state index in [2.05, 4.69) is 5.32 Å². The zero-order chi connectivity index (χ0) is 19.2. The number of rotatable bonds is 7. The number of thiophene rings is 1. The van der Waals surface area contributed by atoms with Gasteiger partial charge in [0.05, 0.1) is 22.6 Å². The largest absolute Gasteiger partial charge is 0.461 e. The lowest BCUT2D eigenvalue weighted by Gasteiger charge is -1.99. The normalized spacial score (nSPS) is 10.8. The lowest BCUT2D eigenvalue weighted by Crippen LogP contribution is -2.19. The number of carbonyl (C=O) groups is 2. The Labute approximate surface area is 158 Å². The van der Waals surface area contributed by atoms with Crippen molar-refractivity contribution in [1.29, 1.82) is 0 Å². The number of nitrogens with zero attached hydrogens (tertiary/aromatic N) is 1. The first-order chi connectivity index (χ1) is 13.0. The number of carbonyl (C=O) groups excluding carboxylic acids is 2. The van der Waals surface area contributed by atoms with Crippen molar-refractivity contribution in [3.8, 4) is 0 Å². The zero-order valence-electron chi connectivity index (χ0n) is 14.0. The number of nitrogens with one attached hydrogen (secondary N) is 1. The number of hydrogen-bond donors (Lipinski definition) is 1. The summed E-state index contributed by atoms with van der Waals surface area (Å²) in [6, 6.07) is 12.6. The highest BCUT2D eigenvalue weighted by molar-refractivity contribution is 7.14. The Morgan fingerprint density at radius 3 is 2.59 bits per heavy atom. The fourth-order valence-electron chi connectivity index (χ4n) is 2.24. The van der Waals surface area contributed by atoms with Crippen LogP contribution in [0.2, 0.25) is 0 Å². The van der Waals surface area contributed by atoms with E-state index in [1.165, 1.54) is 35.8 Å². The quantitative estimate of drug-likeness (QED) is 0.290. The molecule has 3 aromatic rings. The predicted octanol–water partition coefficient (Wildman–Crippen LogP) is 3.81. The SMILES string of the molecule is O=C(/C=C/c1ccc([N+](=O)[O-])cc1)NCc1ccc(C(=O)c2ccco2)s1. The molecule has 0 spiro atoms. The third kappa shape index (κ3) is 4.77. The molecule has 1 amide bonds. The lowest BCUT2D eigenvalue weighted by molar-refractivity contribution is -0.384. The summed E-state index contributed by atoms with van der Waals surface area (Å²) in [4.78, 5) is 35.6. The average molecular weight is 382 g/mol. The minimum atomic E-state index is -0.480. The van der Waals surface area contributed by atoms with E-state index in [1.807, 2.05) is 0 Å². The maximum Gasteiger partial charge on any atom is 0.269 e. The molecule has 2 heterocycles. The van der Waals surface area contributed by atoms with Crippen LogP contribution in [-0.4, -0.2) is 16.6 Å². The lowest BCUT2D eigenvalue weighted by atomic mass is 10.2. The summed E-state index contributed by atoms with van der Waals surface area (Å²) in [6.45, 7) is 0.291. The van der Waals surface area contributed by atoms with E-state index in [0.29, 0.717) is 17.0 Å². The number of benzene rings is 1. The van der Waals surface area contributed by atoms with E-state index >= 15 is 0 Å². The molecule has 27 heavy (non-hydrogen) atoms. The van der Waals surface area contributed by atoms with Crippen molar-refractivity contribution in [3.05, 3.63) is 92.1 Å². The Kier molecular flexibility index (Phi) is 5.58. The molecule has 7 nitrogen and oxygen atoms in total. The Bertz CT molecular complexity index is 988. The third-order valence-corrected chi connectivity index (χ3v) is 4.68. The van der Waals surface area contributed by atoms with Crippen molar-refractivity contribution in [2.75, 3.05) is 0 Å². The second-order valence-electron chi connectivity index (χ2n) is 5.47. The smallest absolute Gasteiger partial charge is 0.269 e. The van der Waals surface area contributed by atoms with E-state index in [1.54, 1.807) is 42.5 Å². The summed E-state index contributed by atoms with van der Waals surface area (Å²) >= 11 is 1.29. The van der Waals surface area contributed by atoms with E-state index in [4.69, 9.17) is 4.42 Å². The van der Waals surface area contributed by atoms with Gasteiger partial charge in [0.15, 0.2) is 5.76 Å². The molecule has 8 heteroatoms. The molecule has 0 aliphatic rings. The van der Waals surface area contributed by atoms with E-state index in [9.17, 15) is 19.7 Å². The summed E-state index contributed by atoms with van der Waals surface area (Å²) in [5, 5.41) is 13.3. The number of nitro groups is 1. The molecule has 0 bridgehead atoms. The van der Waals surface area contributed by atoms with Crippen LogP contribution in [0, 0.1) is 10.1 Å². The third-order valence-electron chi connectivity index (χ3n) is 3.60. The number of hydrogen-bond acceptors (Lipinski definition) is 6. The van der Waals surface area contributed by atoms with Crippen molar-refractivity contribution in [3.63, 3.8) is 0 Å². The molecule has 3 rings (SSSR count).